The smallest absolute Gasteiger partial charge is 0.246 e. The summed E-state index contributed by atoms with van der Waals surface area (Å²) in [6, 6.07) is 0. The Kier molecular flexibility index (Phi) is 4.82. The summed E-state index contributed by atoms with van der Waals surface area (Å²) in [7, 11) is -3.39. The number of sulfonamides is 1. The minimum atomic E-state index is -3.39. The number of aryl methyl sites for hydroxylation is 1. The molecule has 0 spiro atoms. The van der Waals surface area contributed by atoms with Gasteiger partial charge >= 0.3 is 0 Å². The van der Waals surface area contributed by atoms with E-state index in [4.69, 9.17) is 5.73 Å². The van der Waals surface area contributed by atoms with Crippen LogP contribution in [0.3, 0.4) is 0 Å². The van der Waals surface area contributed by atoms with Crippen LogP contribution in [0.25, 0.3) is 0 Å². The molecule has 1 atom stereocenters. The molecule has 1 aliphatic rings. The molecular formula is C13H24N4O2S. The first kappa shape index (κ1) is 15.5. The highest BCUT2D eigenvalue weighted by atomic mass is 32.2. The van der Waals surface area contributed by atoms with E-state index in [1.54, 1.807) is 15.2 Å². The summed E-state index contributed by atoms with van der Waals surface area (Å²) in [6.45, 7) is 6.75. The maximum absolute atomic E-state index is 12.5. The van der Waals surface area contributed by atoms with Gasteiger partial charge in [-0.3, -0.25) is 4.68 Å². The summed E-state index contributed by atoms with van der Waals surface area (Å²) in [4.78, 5) is 0.291. The highest BCUT2D eigenvalue weighted by molar-refractivity contribution is 7.89. The highest BCUT2D eigenvalue weighted by Crippen LogP contribution is 2.28. The third-order valence-corrected chi connectivity index (χ3v) is 5.79. The van der Waals surface area contributed by atoms with Crippen LogP contribution in [0.4, 0.5) is 0 Å². The van der Waals surface area contributed by atoms with E-state index in [0.717, 1.165) is 12.8 Å². The predicted octanol–water partition coefficient (Wildman–Crippen LogP) is 0.899. The van der Waals surface area contributed by atoms with Gasteiger partial charge in [-0.1, -0.05) is 13.8 Å². The van der Waals surface area contributed by atoms with E-state index < -0.39 is 10.0 Å². The van der Waals surface area contributed by atoms with Crippen molar-refractivity contribution in [3.63, 3.8) is 0 Å². The van der Waals surface area contributed by atoms with Crippen LogP contribution < -0.4 is 5.73 Å². The minimum absolute atomic E-state index is 0.291. The Hall–Kier alpha value is -0.920. The number of rotatable bonds is 6. The third-order valence-electron chi connectivity index (χ3n) is 3.97. The zero-order valence-corrected chi connectivity index (χ0v) is 13.0. The molecule has 114 valence electrons. The lowest BCUT2D eigenvalue weighted by Gasteiger charge is -2.17. The van der Waals surface area contributed by atoms with Gasteiger partial charge in [-0.15, -0.1) is 0 Å². The second-order valence-corrected chi connectivity index (χ2v) is 7.68. The van der Waals surface area contributed by atoms with E-state index in [1.807, 2.05) is 0 Å². The SMILES string of the molecule is CC(C)C1CCN(S(=O)(=O)c2cnn(CCCN)c2)C1. The number of nitrogens with zero attached hydrogens (tertiary/aromatic N) is 3. The topological polar surface area (TPSA) is 81.2 Å². The third kappa shape index (κ3) is 3.21. The van der Waals surface area contributed by atoms with Crippen LogP contribution in [-0.2, 0) is 16.6 Å². The molecule has 2 rings (SSSR count). The molecule has 2 heterocycles. The summed E-state index contributed by atoms with van der Waals surface area (Å²) in [5, 5.41) is 4.10. The molecule has 20 heavy (non-hydrogen) atoms. The van der Waals surface area contributed by atoms with Gasteiger partial charge in [-0.2, -0.15) is 9.40 Å². The van der Waals surface area contributed by atoms with Gasteiger partial charge in [0.15, 0.2) is 0 Å². The van der Waals surface area contributed by atoms with Crippen LogP contribution in [-0.4, -0.2) is 42.1 Å². The molecule has 0 saturated carbocycles. The molecule has 7 heteroatoms. The van der Waals surface area contributed by atoms with Gasteiger partial charge in [-0.25, -0.2) is 8.42 Å². The lowest BCUT2D eigenvalue weighted by molar-refractivity contribution is 0.388. The van der Waals surface area contributed by atoms with Gasteiger partial charge in [-0.05, 0) is 31.2 Å². The molecule has 0 bridgehead atoms. The first-order valence-electron chi connectivity index (χ1n) is 7.18. The minimum Gasteiger partial charge on any atom is -0.330 e. The zero-order valence-electron chi connectivity index (χ0n) is 12.2. The van der Waals surface area contributed by atoms with Gasteiger partial charge in [0.2, 0.25) is 10.0 Å². The van der Waals surface area contributed by atoms with E-state index in [9.17, 15) is 8.42 Å². The quantitative estimate of drug-likeness (QED) is 0.846. The fourth-order valence-corrected chi connectivity index (χ4v) is 3.99. The Labute approximate surface area is 121 Å². The van der Waals surface area contributed by atoms with Crippen molar-refractivity contribution in [3.8, 4) is 0 Å². The molecule has 1 aromatic rings. The molecule has 1 fully saturated rings. The van der Waals surface area contributed by atoms with Crippen LogP contribution in [0.2, 0.25) is 0 Å². The lowest BCUT2D eigenvalue weighted by Crippen LogP contribution is -2.29. The summed E-state index contributed by atoms with van der Waals surface area (Å²) < 4.78 is 28.3. The highest BCUT2D eigenvalue weighted by Gasteiger charge is 2.34. The number of aromatic nitrogens is 2. The number of hydrogen-bond acceptors (Lipinski definition) is 4. The molecule has 0 aliphatic carbocycles. The van der Waals surface area contributed by atoms with E-state index in [0.29, 0.717) is 42.9 Å². The predicted molar refractivity (Wildman–Crippen MR) is 77.6 cm³/mol. The fourth-order valence-electron chi connectivity index (χ4n) is 2.52. The number of nitrogens with two attached hydrogens (primary N) is 1. The molecule has 1 aliphatic heterocycles. The first-order valence-corrected chi connectivity index (χ1v) is 8.62. The van der Waals surface area contributed by atoms with Crippen molar-refractivity contribution in [1.29, 1.82) is 0 Å². The molecular weight excluding hydrogens is 276 g/mol. The van der Waals surface area contributed by atoms with Crippen LogP contribution in [0.1, 0.15) is 26.7 Å². The second kappa shape index (κ2) is 6.24. The molecule has 1 unspecified atom stereocenters. The summed E-state index contributed by atoms with van der Waals surface area (Å²) in [6.07, 6.45) is 4.78. The van der Waals surface area contributed by atoms with Crippen molar-refractivity contribution >= 4 is 10.0 Å². The van der Waals surface area contributed by atoms with E-state index in [2.05, 4.69) is 18.9 Å². The molecule has 1 saturated heterocycles. The van der Waals surface area contributed by atoms with Gasteiger partial charge in [0.1, 0.15) is 4.90 Å². The maximum Gasteiger partial charge on any atom is 0.246 e. The van der Waals surface area contributed by atoms with Gasteiger partial charge in [0.25, 0.3) is 0 Å². The van der Waals surface area contributed by atoms with Crippen LogP contribution >= 0.6 is 0 Å². The molecule has 0 amide bonds. The van der Waals surface area contributed by atoms with Crippen molar-refractivity contribution in [2.24, 2.45) is 17.6 Å². The Morgan fingerprint density at radius 3 is 2.85 bits per heavy atom. The molecule has 1 aromatic heterocycles. The van der Waals surface area contributed by atoms with Gasteiger partial charge in [0.05, 0.1) is 6.20 Å². The number of hydrogen-bond donors (Lipinski definition) is 1. The van der Waals surface area contributed by atoms with Crippen molar-refractivity contribution in [2.75, 3.05) is 19.6 Å². The summed E-state index contributed by atoms with van der Waals surface area (Å²) in [5.74, 6) is 0.972. The lowest BCUT2D eigenvalue weighted by atomic mass is 9.96. The molecule has 2 N–H and O–H groups in total. The first-order chi connectivity index (χ1) is 9.45. The Bertz CT molecular complexity index is 538. The van der Waals surface area contributed by atoms with Gasteiger partial charge < -0.3 is 5.73 Å². The van der Waals surface area contributed by atoms with Crippen molar-refractivity contribution in [1.82, 2.24) is 14.1 Å². The largest absolute Gasteiger partial charge is 0.330 e. The fraction of sp³-hybridized carbons (Fsp3) is 0.769. The summed E-state index contributed by atoms with van der Waals surface area (Å²) >= 11 is 0. The normalized spacial score (nSPS) is 20.9. The Morgan fingerprint density at radius 2 is 2.25 bits per heavy atom. The Morgan fingerprint density at radius 1 is 1.50 bits per heavy atom. The molecule has 0 radical (unpaired) electrons. The monoisotopic (exact) mass is 300 g/mol. The maximum atomic E-state index is 12.5. The second-order valence-electron chi connectivity index (χ2n) is 5.74. The molecule has 6 nitrogen and oxygen atoms in total. The molecule has 0 aromatic carbocycles. The average Bonchev–Trinajstić information content (AvgIpc) is 3.05. The van der Waals surface area contributed by atoms with Crippen LogP contribution in [0.5, 0.6) is 0 Å². The van der Waals surface area contributed by atoms with Gasteiger partial charge in [0, 0.05) is 25.8 Å². The van der Waals surface area contributed by atoms with Crippen molar-refractivity contribution in [2.45, 2.75) is 38.1 Å². The van der Waals surface area contributed by atoms with E-state index >= 15 is 0 Å². The average molecular weight is 300 g/mol. The zero-order chi connectivity index (χ0) is 14.8. The van der Waals surface area contributed by atoms with Crippen LogP contribution in [0.15, 0.2) is 17.3 Å². The van der Waals surface area contributed by atoms with Crippen molar-refractivity contribution in [3.05, 3.63) is 12.4 Å². The van der Waals surface area contributed by atoms with Crippen LogP contribution in [0, 0.1) is 11.8 Å². The van der Waals surface area contributed by atoms with Crippen molar-refractivity contribution < 1.29 is 8.42 Å². The van der Waals surface area contributed by atoms with E-state index in [1.165, 1.54) is 6.20 Å². The van der Waals surface area contributed by atoms with E-state index in [-0.39, 0.29) is 0 Å². The standard InChI is InChI=1S/C13H24N4O2S/c1-11(2)12-4-7-17(9-12)20(18,19)13-8-15-16(10-13)6-3-5-14/h8,10-12H,3-7,9,14H2,1-2H3. The summed E-state index contributed by atoms with van der Waals surface area (Å²) in [5.41, 5.74) is 5.44. The Balaban J connectivity index is 2.09.